The van der Waals surface area contributed by atoms with Gasteiger partial charge in [-0.05, 0) is 49.2 Å². The van der Waals surface area contributed by atoms with Crippen molar-refractivity contribution >= 4 is 11.9 Å². The highest BCUT2D eigenvalue weighted by atomic mass is 16.5. The van der Waals surface area contributed by atoms with Crippen LogP contribution in [0.5, 0.6) is 5.75 Å². The maximum Gasteiger partial charge on any atom is 0.337 e. The summed E-state index contributed by atoms with van der Waals surface area (Å²) in [6.45, 7) is 2.62. The largest absolute Gasteiger partial charge is 0.492 e. The minimum Gasteiger partial charge on any atom is -0.492 e. The lowest BCUT2D eigenvalue weighted by molar-refractivity contribution is -0.128. The minimum absolute atomic E-state index is 0.0430. The van der Waals surface area contributed by atoms with Gasteiger partial charge in [0.2, 0.25) is 5.91 Å². The number of para-hydroxylation sites is 1. The van der Waals surface area contributed by atoms with Crippen molar-refractivity contribution in [3.05, 3.63) is 65.7 Å². The predicted molar refractivity (Wildman–Crippen MR) is 111 cm³/mol. The molecule has 2 aromatic carbocycles. The minimum atomic E-state index is -0.365. The molecule has 1 heterocycles. The maximum atomic E-state index is 12.8. The highest BCUT2D eigenvalue weighted by Gasteiger charge is 2.28. The number of esters is 1. The molecule has 6 nitrogen and oxygen atoms in total. The Morgan fingerprint density at radius 2 is 1.83 bits per heavy atom. The van der Waals surface area contributed by atoms with E-state index in [-0.39, 0.29) is 17.9 Å². The van der Waals surface area contributed by atoms with E-state index in [1.807, 2.05) is 42.5 Å². The molecule has 3 rings (SSSR count). The molecular weight excluding hydrogens is 368 g/mol. The molecular formula is C23H28N2O4. The quantitative estimate of drug-likeness (QED) is 0.695. The first-order chi connectivity index (χ1) is 14.2. The Morgan fingerprint density at radius 1 is 1.07 bits per heavy atom. The molecule has 1 aliphatic heterocycles. The predicted octanol–water partition coefficient (Wildman–Crippen LogP) is 3.02. The summed E-state index contributed by atoms with van der Waals surface area (Å²) in [6.07, 6.45) is 3.02. The fourth-order valence-corrected chi connectivity index (χ4v) is 3.54. The highest BCUT2D eigenvalue weighted by molar-refractivity contribution is 5.89. The summed E-state index contributed by atoms with van der Waals surface area (Å²) in [6, 6.07) is 16.7. The van der Waals surface area contributed by atoms with Gasteiger partial charge in [-0.15, -0.1) is 0 Å². The van der Waals surface area contributed by atoms with Crippen molar-refractivity contribution in [2.24, 2.45) is 0 Å². The van der Waals surface area contributed by atoms with Crippen molar-refractivity contribution in [1.29, 1.82) is 0 Å². The molecule has 0 bridgehead atoms. The molecule has 2 aromatic rings. The summed E-state index contributed by atoms with van der Waals surface area (Å²) in [7, 11) is 1.36. The van der Waals surface area contributed by atoms with Crippen molar-refractivity contribution in [3.63, 3.8) is 0 Å². The van der Waals surface area contributed by atoms with Crippen LogP contribution >= 0.6 is 0 Å². The average Bonchev–Trinajstić information content (AvgIpc) is 2.78. The normalized spacial score (nSPS) is 16.8. The first-order valence-electron chi connectivity index (χ1n) is 10.0. The van der Waals surface area contributed by atoms with Gasteiger partial charge in [0.15, 0.2) is 0 Å². The van der Waals surface area contributed by atoms with E-state index >= 15 is 0 Å². The number of carbonyl (C=O) groups excluding carboxylic acids is 2. The van der Waals surface area contributed by atoms with Gasteiger partial charge in [-0.3, -0.25) is 9.69 Å². The third kappa shape index (κ3) is 6.06. The lowest BCUT2D eigenvalue weighted by Gasteiger charge is -2.34. The number of hydrogen-bond acceptors (Lipinski definition) is 5. The van der Waals surface area contributed by atoms with Crippen LogP contribution in [0.4, 0.5) is 0 Å². The molecule has 6 heteroatoms. The third-order valence-corrected chi connectivity index (χ3v) is 5.15. The molecule has 0 aliphatic carbocycles. The van der Waals surface area contributed by atoms with Crippen LogP contribution in [0.25, 0.3) is 0 Å². The van der Waals surface area contributed by atoms with Gasteiger partial charge in [-0.1, -0.05) is 36.8 Å². The van der Waals surface area contributed by atoms with E-state index in [9.17, 15) is 9.59 Å². The smallest absolute Gasteiger partial charge is 0.337 e. The standard InChI is InChI=1S/C23H28N2O4/c1-28-23(27)19-12-10-18(11-13-19)17-24-22(26)21-9-5-6-14-25(21)15-16-29-20-7-3-2-4-8-20/h2-4,7-8,10-13,21H,5-6,9,14-17H2,1H3,(H,24,26)/t21-/m1/s1. The van der Waals surface area contributed by atoms with Gasteiger partial charge in [-0.25, -0.2) is 4.79 Å². The number of amides is 1. The van der Waals surface area contributed by atoms with Crippen LogP contribution < -0.4 is 10.1 Å². The van der Waals surface area contributed by atoms with Crippen molar-refractivity contribution in [2.45, 2.75) is 31.8 Å². The number of nitrogens with one attached hydrogen (secondary N) is 1. The molecule has 154 valence electrons. The molecule has 0 aromatic heterocycles. The Kier molecular flexibility index (Phi) is 7.64. The number of piperidine rings is 1. The van der Waals surface area contributed by atoms with Crippen LogP contribution in [-0.2, 0) is 16.1 Å². The van der Waals surface area contributed by atoms with E-state index in [4.69, 9.17) is 9.47 Å². The van der Waals surface area contributed by atoms with Gasteiger partial charge in [0.25, 0.3) is 0 Å². The van der Waals surface area contributed by atoms with Crippen LogP contribution in [0.15, 0.2) is 54.6 Å². The number of likely N-dealkylation sites (tertiary alicyclic amines) is 1. The van der Waals surface area contributed by atoms with Gasteiger partial charge >= 0.3 is 5.97 Å². The van der Waals surface area contributed by atoms with E-state index in [0.29, 0.717) is 18.7 Å². The van der Waals surface area contributed by atoms with Gasteiger partial charge < -0.3 is 14.8 Å². The molecule has 1 N–H and O–H groups in total. The highest BCUT2D eigenvalue weighted by Crippen LogP contribution is 2.18. The molecule has 0 saturated carbocycles. The van der Waals surface area contributed by atoms with E-state index in [0.717, 1.165) is 43.7 Å². The second kappa shape index (κ2) is 10.6. The zero-order valence-electron chi connectivity index (χ0n) is 16.8. The Hall–Kier alpha value is -2.86. The summed E-state index contributed by atoms with van der Waals surface area (Å²) >= 11 is 0. The lowest BCUT2D eigenvalue weighted by atomic mass is 10.0. The van der Waals surface area contributed by atoms with E-state index in [1.165, 1.54) is 7.11 Å². The topological polar surface area (TPSA) is 67.9 Å². The van der Waals surface area contributed by atoms with Gasteiger partial charge in [0, 0.05) is 13.1 Å². The summed E-state index contributed by atoms with van der Waals surface area (Å²) in [5.41, 5.74) is 1.44. The number of methoxy groups -OCH3 is 1. The molecule has 29 heavy (non-hydrogen) atoms. The molecule has 1 saturated heterocycles. The van der Waals surface area contributed by atoms with Crippen LogP contribution in [0, 0.1) is 0 Å². The second-order valence-electron chi connectivity index (χ2n) is 7.12. The molecule has 1 fully saturated rings. The van der Waals surface area contributed by atoms with Crippen molar-refractivity contribution in [3.8, 4) is 5.75 Å². The number of nitrogens with zero attached hydrogens (tertiary/aromatic N) is 1. The Bertz CT molecular complexity index is 792. The molecule has 0 radical (unpaired) electrons. The van der Waals surface area contributed by atoms with Crippen LogP contribution in [-0.4, -0.2) is 49.6 Å². The van der Waals surface area contributed by atoms with Crippen molar-refractivity contribution in [2.75, 3.05) is 26.8 Å². The van der Waals surface area contributed by atoms with Gasteiger partial charge in [0.1, 0.15) is 12.4 Å². The van der Waals surface area contributed by atoms with Crippen molar-refractivity contribution in [1.82, 2.24) is 10.2 Å². The summed E-state index contributed by atoms with van der Waals surface area (Å²) in [5.74, 6) is 0.526. The average molecular weight is 396 g/mol. The molecule has 1 atom stereocenters. The van der Waals surface area contributed by atoms with Crippen molar-refractivity contribution < 1.29 is 19.1 Å². The number of hydrogen-bond donors (Lipinski definition) is 1. The van der Waals surface area contributed by atoms with E-state index in [2.05, 4.69) is 10.2 Å². The number of benzene rings is 2. The zero-order valence-corrected chi connectivity index (χ0v) is 16.8. The number of rotatable bonds is 8. The molecule has 1 aliphatic rings. The van der Waals surface area contributed by atoms with Crippen LogP contribution in [0.3, 0.4) is 0 Å². The Labute approximate surface area is 171 Å². The summed E-state index contributed by atoms with van der Waals surface area (Å²) in [4.78, 5) is 26.5. The monoisotopic (exact) mass is 396 g/mol. The molecule has 0 spiro atoms. The third-order valence-electron chi connectivity index (χ3n) is 5.15. The van der Waals surface area contributed by atoms with Gasteiger partial charge in [-0.2, -0.15) is 0 Å². The van der Waals surface area contributed by atoms with E-state index < -0.39 is 0 Å². The summed E-state index contributed by atoms with van der Waals surface area (Å²) < 4.78 is 10.5. The first-order valence-corrected chi connectivity index (χ1v) is 10.0. The van der Waals surface area contributed by atoms with E-state index in [1.54, 1.807) is 12.1 Å². The number of ether oxygens (including phenoxy) is 2. The fraction of sp³-hybridized carbons (Fsp3) is 0.391. The van der Waals surface area contributed by atoms with Crippen LogP contribution in [0.2, 0.25) is 0 Å². The van der Waals surface area contributed by atoms with Gasteiger partial charge in [0.05, 0.1) is 18.7 Å². The maximum absolute atomic E-state index is 12.8. The SMILES string of the molecule is COC(=O)c1ccc(CNC(=O)[C@H]2CCCCN2CCOc2ccccc2)cc1. The summed E-state index contributed by atoms with van der Waals surface area (Å²) in [5, 5.41) is 3.03. The Morgan fingerprint density at radius 3 is 2.55 bits per heavy atom. The number of carbonyl (C=O) groups is 2. The van der Waals surface area contributed by atoms with Crippen LogP contribution in [0.1, 0.15) is 35.2 Å². The first kappa shape index (κ1) is 20.9. The molecule has 1 amide bonds. The second-order valence-corrected chi connectivity index (χ2v) is 7.12. The fourth-order valence-electron chi connectivity index (χ4n) is 3.54. The lowest BCUT2D eigenvalue weighted by Crippen LogP contribution is -2.50. The zero-order chi connectivity index (χ0) is 20.5. The molecule has 0 unspecified atom stereocenters. The Balaban J connectivity index is 1.49.